The zero-order valence-corrected chi connectivity index (χ0v) is 14.3. The summed E-state index contributed by atoms with van der Waals surface area (Å²) in [6.07, 6.45) is 0. The number of nitrogens with one attached hydrogen (secondary N) is 3. The molecule has 23 heavy (non-hydrogen) atoms. The van der Waals surface area contributed by atoms with Gasteiger partial charge in [0.15, 0.2) is 0 Å². The molecule has 2 rings (SSSR count). The third-order valence-corrected chi connectivity index (χ3v) is 5.18. The molecule has 0 bridgehead atoms. The van der Waals surface area contributed by atoms with E-state index in [1.165, 1.54) is 37.4 Å². The zero-order chi connectivity index (χ0) is 17.0. The fourth-order valence-electron chi connectivity index (χ4n) is 1.72. The number of urea groups is 1. The monoisotopic (exact) mass is 373 g/mol. The third-order valence-electron chi connectivity index (χ3n) is 2.83. The fraction of sp³-hybridized carbons (Fsp3) is 0.0714. The van der Waals surface area contributed by atoms with Gasteiger partial charge in [-0.3, -0.25) is 4.72 Å². The Morgan fingerprint density at radius 2 is 1.61 bits per heavy atom. The van der Waals surface area contributed by atoms with E-state index in [-0.39, 0.29) is 21.0 Å². The van der Waals surface area contributed by atoms with Crippen LogP contribution in [0.2, 0.25) is 10.0 Å². The average Bonchev–Trinajstić information content (AvgIpc) is 2.51. The third kappa shape index (κ3) is 4.28. The first-order valence-electron chi connectivity index (χ1n) is 6.39. The van der Waals surface area contributed by atoms with Gasteiger partial charge in [0.1, 0.15) is 4.90 Å². The minimum Gasteiger partial charge on any atom is -0.341 e. The Morgan fingerprint density at radius 3 is 2.22 bits per heavy atom. The van der Waals surface area contributed by atoms with E-state index in [0.29, 0.717) is 11.4 Å². The molecule has 3 N–H and O–H groups in total. The van der Waals surface area contributed by atoms with Gasteiger partial charge in [-0.15, -0.1) is 0 Å². The topological polar surface area (TPSA) is 87.3 Å². The van der Waals surface area contributed by atoms with E-state index in [1.807, 2.05) is 0 Å². The van der Waals surface area contributed by atoms with Crippen LogP contribution in [0, 0.1) is 0 Å². The van der Waals surface area contributed by atoms with Crippen LogP contribution in [-0.2, 0) is 10.0 Å². The summed E-state index contributed by atoms with van der Waals surface area (Å²) in [6, 6.07) is 10.1. The molecule has 0 heterocycles. The van der Waals surface area contributed by atoms with E-state index in [1.54, 1.807) is 12.1 Å². The standard InChI is InChI=1S/C14H13Cl2N3O3S/c1-17-14(20)18-9-5-7-10(8-6-9)19-23(21,22)12-4-2-3-11(15)13(12)16/h2-8,19H,1H3,(H2,17,18,20). The molecule has 0 spiro atoms. The predicted octanol–water partition coefficient (Wildman–Crippen LogP) is 3.55. The summed E-state index contributed by atoms with van der Waals surface area (Å²) in [6.45, 7) is 0. The van der Waals surface area contributed by atoms with Gasteiger partial charge in [-0.05, 0) is 36.4 Å². The number of sulfonamides is 1. The van der Waals surface area contributed by atoms with Gasteiger partial charge in [0.05, 0.1) is 10.0 Å². The van der Waals surface area contributed by atoms with E-state index in [0.717, 1.165) is 0 Å². The highest BCUT2D eigenvalue weighted by atomic mass is 35.5. The highest BCUT2D eigenvalue weighted by Gasteiger charge is 2.19. The van der Waals surface area contributed by atoms with Crippen LogP contribution in [0.25, 0.3) is 0 Å². The molecule has 122 valence electrons. The van der Waals surface area contributed by atoms with Gasteiger partial charge in [-0.25, -0.2) is 13.2 Å². The van der Waals surface area contributed by atoms with Gasteiger partial charge >= 0.3 is 6.03 Å². The van der Waals surface area contributed by atoms with Crippen LogP contribution in [-0.4, -0.2) is 21.5 Å². The molecule has 9 heteroatoms. The largest absolute Gasteiger partial charge is 0.341 e. The molecule has 0 unspecified atom stereocenters. The fourth-order valence-corrected chi connectivity index (χ4v) is 3.54. The van der Waals surface area contributed by atoms with Gasteiger partial charge in [-0.2, -0.15) is 0 Å². The zero-order valence-electron chi connectivity index (χ0n) is 11.9. The smallest absolute Gasteiger partial charge is 0.318 e. The van der Waals surface area contributed by atoms with Crippen LogP contribution >= 0.6 is 23.2 Å². The lowest BCUT2D eigenvalue weighted by atomic mass is 10.3. The maximum atomic E-state index is 12.3. The molecule has 6 nitrogen and oxygen atoms in total. The van der Waals surface area contributed by atoms with E-state index in [4.69, 9.17) is 23.2 Å². The Kier molecular flexibility index (Phi) is 5.35. The highest BCUT2D eigenvalue weighted by Crippen LogP contribution is 2.30. The summed E-state index contributed by atoms with van der Waals surface area (Å²) < 4.78 is 27.1. The van der Waals surface area contributed by atoms with Crippen molar-refractivity contribution in [3.8, 4) is 0 Å². The molecule has 0 fully saturated rings. The van der Waals surface area contributed by atoms with Crippen LogP contribution in [0.1, 0.15) is 0 Å². The van der Waals surface area contributed by atoms with E-state index < -0.39 is 10.0 Å². The number of rotatable bonds is 4. The van der Waals surface area contributed by atoms with Crippen molar-refractivity contribution in [1.29, 1.82) is 0 Å². The summed E-state index contributed by atoms with van der Waals surface area (Å²) in [5, 5.41) is 5.09. The molecule has 0 aliphatic heterocycles. The second-order valence-corrected chi connectivity index (χ2v) is 6.87. The first-order valence-corrected chi connectivity index (χ1v) is 8.63. The lowest BCUT2D eigenvalue weighted by molar-refractivity contribution is 0.254. The Bertz CT molecular complexity index is 824. The molecule has 0 aliphatic carbocycles. The van der Waals surface area contributed by atoms with Crippen molar-refractivity contribution in [2.24, 2.45) is 0 Å². The number of carbonyl (C=O) groups excluding carboxylic acids is 1. The number of anilines is 2. The molecule has 0 saturated carbocycles. The lowest BCUT2D eigenvalue weighted by Crippen LogP contribution is -2.24. The highest BCUT2D eigenvalue weighted by molar-refractivity contribution is 7.92. The molecule has 0 atom stereocenters. The number of amides is 2. The minimum absolute atomic E-state index is 0.0421. The molecule has 0 radical (unpaired) electrons. The molecular weight excluding hydrogens is 361 g/mol. The number of hydrogen-bond donors (Lipinski definition) is 3. The van der Waals surface area contributed by atoms with Crippen molar-refractivity contribution in [3.05, 3.63) is 52.5 Å². The van der Waals surface area contributed by atoms with Crippen LogP contribution in [0.3, 0.4) is 0 Å². The summed E-state index contributed by atoms with van der Waals surface area (Å²) >= 11 is 11.8. The molecular formula is C14H13Cl2N3O3S. The molecule has 0 aliphatic rings. The van der Waals surface area contributed by atoms with Crippen LogP contribution < -0.4 is 15.4 Å². The quantitative estimate of drug-likeness (QED) is 0.765. The SMILES string of the molecule is CNC(=O)Nc1ccc(NS(=O)(=O)c2cccc(Cl)c2Cl)cc1. The normalized spacial score (nSPS) is 10.9. The van der Waals surface area contributed by atoms with Gasteiger partial charge in [-0.1, -0.05) is 29.3 Å². The maximum absolute atomic E-state index is 12.3. The Balaban J connectivity index is 2.21. The van der Waals surface area contributed by atoms with Crippen molar-refractivity contribution in [3.63, 3.8) is 0 Å². The summed E-state index contributed by atoms with van der Waals surface area (Å²) in [5.74, 6) is 0. The Morgan fingerprint density at radius 1 is 1.00 bits per heavy atom. The molecule has 0 saturated heterocycles. The van der Waals surface area contributed by atoms with Crippen molar-refractivity contribution < 1.29 is 13.2 Å². The first kappa shape index (κ1) is 17.4. The van der Waals surface area contributed by atoms with Crippen molar-refractivity contribution in [1.82, 2.24) is 5.32 Å². The number of hydrogen-bond acceptors (Lipinski definition) is 3. The average molecular weight is 374 g/mol. The van der Waals surface area contributed by atoms with Crippen molar-refractivity contribution in [2.45, 2.75) is 4.90 Å². The Hall–Kier alpha value is -1.96. The van der Waals surface area contributed by atoms with Gasteiger partial charge in [0, 0.05) is 18.4 Å². The second kappa shape index (κ2) is 7.08. The number of benzene rings is 2. The van der Waals surface area contributed by atoms with Gasteiger partial charge < -0.3 is 10.6 Å². The predicted molar refractivity (Wildman–Crippen MR) is 91.8 cm³/mol. The van der Waals surface area contributed by atoms with Gasteiger partial charge in [0.2, 0.25) is 0 Å². The van der Waals surface area contributed by atoms with E-state index in [2.05, 4.69) is 15.4 Å². The summed E-state index contributed by atoms with van der Waals surface area (Å²) in [7, 11) is -2.38. The second-order valence-electron chi connectivity index (χ2n) is 4.44. The summed E-state index contributed by atoms with van der Waals surface area (Å²) in [4.78, 5) is 11.1. The summed E-state index contributed by atoms with van der Waals surface area (Å²) in [5.41, 5.74) is 0.844. The minimum atomic E-state index is -3.87. The maximum Gasteiger partial charge on any atom is 0.318 e. The molecule has 0 aromatic heterocycles. The molecule has 2 aromatic carbocycles. The van der Waals surface area contributed by atoms with Crippen LogP contribution in [0.15, 0.2) is 47.4 Å². The van der Waals surface area contributed by atoms with E-state index in [9.17, 15) is 13.2 Å². The number of carbonyl (C=O) groups is 1. The van der Waals surface area contributed by atoms with E-state index >= 15 is 0 Å². The lowest BCUT2D eigenvalue weighted by Gasteiger charge is -2.11. The number of halogens is 2. The van der Waals surface area contributed by atoms with Crippen molar-refractivity contribution in [2.75, 3.05) is 17.1 Å². The van der Waals surface area contributed by atoms with Crippen LogP contribution in [0.5, 0.6) is 0 Å². The Labute approximate surface area is 143 Å². The van der Waals surface area contributed by atoms with Gasteiger partial charge in [0.25, 0.3) is 10.0 Å². The van der Waals surface area contributed by atoms with Crippen LogP contribution in [0.4, 0.5) is 16.2 Å². The first-order chi connectivity index (χ1) is 10.8. The molecule has 2 amide bonds. The molecule has 2 aromatic rings. The van der Waals surface area contributed by atoms with Crippen molar-refractivity contribution >= 4 is 50.6 Å².